The second-order valence-electron chi connectivity index (χ2n) is 5.83. The van der Waals surface area contributed by atoms with Gasteiger partial charge in [0.25, 0.3) is 0 Å². The average Bonchev–Trinajstić information content (AvgIpc) is 3.05. The standard InChI is InChI=1S/C17H17N5O/c1-3-5-11-8-22-15(10(11)2)14(19-9-20-22)13-12-6-4-7-18-16(12)21-17(13)23/h4,6-9,13H,3,5H2,1-2H3,(H,18,21,23). The Morgan fingerprint density at radius 2 is 2.22 bits per heavy atom. The number of aromatic nitrogens is 4. The van der Waals surface area contributed by atoms with Gasteiger partial charge in [0.1, 0.15) is 18.1 Å². The van der Waals surface area contributed by atoms with E-state index < -0.39 is 5.92 Å². The number of hydrogen-bond acceptors (Lipinski definition) is 4. The molecule has 0 saturated carbocycles. The van der Waals surface area contributed by atoms with E-state index in [1.54, 1.807) is 6.20 Å². The van der Waals surface area contributed by atoms with Gasteiger partial charge in [-0.25, -0.2) is 14.5 Å². The number of carbonyl (C=O) groups excluding carboxylic acids is 1. The molecule has 4 heterocycles. The van der Waals surface area contributed by atoms with Crippen molar-refractivity contribution in [2.45, 2.75) is 32.6 Å². The molecule has 4 rings (SSSR count). The number of nitrogens with zero attached hydrogens (tertiary/aromatic N) is 4. The predicted octanol–water partition coefficient (Wildman–Crippen LogP) is 2.47. The van der Waals surface area contributed by atoms with Crippen molar-refractivity contribution in [2.24, 2.45) is 0 Å². The average molecular weight is 307 g/mol. The van der Waals surface area contributed by atoms with Crippen molar-refractivity contribution in [1.82, 2.24) is 19.6 Å². The lowest BCUT2D eigenvalue weighted by Crippen LogP contribution is -2.16. The quantitative estimate of drug-likeness (QED) is 0.807. The van der Waals surface area contributed by atoms with Gasteiger partial charge < -0.3 is 5.32 Å². The van der Waals surface area contributed by atoms with E-state index in [2.05, 4.69) is 34.2 Å². The molecule has 6 heteroatoms. The minimum Gasteiger partial charge on any atom is -0.310 e. The van der Waals surface area contributed by atoms with Gasteiger partial charge in [-0.05, 0) is 30.5 Å². The summed E-state index contributed by atoms with van der Waals surface area (Å²) in [5, 5.41) is 7.16. The second-order valence-corrected chi connectivity index (χ2v) is 5.83. The molecule has 116 valence electrons. The van der Waals surface area contributed by atoms with Crippen molar-refractivity contribution in [3.05, 3.63) is 53.2 Å². The van der Waals surface area contributed by atoms with Crippen molar-refractivity contribution in [1.29, 1.82) is 0 Å². The summed E-state index contributed by atoms with van der Waals surface area (Å²) in [6.07, 6.45) is 7.29. The number of hydrogen-bond donors (Lipinski definition) is 1. The van der Waals surface area contributed by atoms with Gasteiger partial charge in [0, 0.05) is 18.0 Å². The first-order chi connectivity index (χ1) is 11.2. The van der Waals surface area contributed by atoms with Crippen LogP contribution in [0, 0.1) is 6.92 Å². The lowest BCUT2D eigenvalue weighted by Gasteiger charge is -2.10. The summed E-state index contributed by atoms with van der Waals surface area (Å²) in [7, 11) is 0. The van der Waals surface area contributed by atoms with E-state index in [9.17, 15) is 4.79 Å². The van der Waals surface area contributed by atoms with E-state index in [0.717, 1.165) is 35.2 Å². The molecule has 1 amide bonds. The zero-order chi connectivity index (χ0) is 16.0. The number of carbonyl (C=O) groups is 1. The molecular formula is C17H17N5O. The number of pyridine rings is 1. The first-order valence-electron chi connectivity index (χ1n) is 7.78. The van der Waals surface area contributed by atoms with Crippen LogP contribution < -0.4 is 5.32 Å². The Balaban J connectivity index is 1.94. The summed E-state index contributed by atoms with van der Waals surface area (Å²) in [5.74, 6) is 0.0986. The lowest BCUT2D eigenvalue weighted by molar-refractivity contribution is -0.116. The van der Waals surface area contributed by atoms with Crippen molar-refractivity contribution >= 4 is 17.2 Å². The van der Waals surface area contributed by atoms with Crippen LogP contribution in [0.1, 0.15) is 41.6 Å². The molecule has 6 nitrogen and oxygen atoms in total. The van der Waals surface area contributed by atoms with E-state index in [1.807, 2.05) is 22.8 Å². The number of fused-ring (bicyclic) bond motifs is 2. The molecule has 3 aromatic heterocycles. The highest BCUT2D eigenvalue weighted by atomic mass is 16.2. The van der Waals surface area contributed by atoms with Crippen LogP contribution in [0.3, 0.4) is 0 Å². The summed E-state index contributed by atoms with van der Waals surface area (Å²) >= 11 is 0. The molecule has 1 atom stereocenters. The van der Waals surface area contributed by atoms with E-state index in [0.29, 0.717) is 5.82 Å². The zero-order valence-electron chi connectivity index (χ0n) is 13.1. The van der Waals surface area contributed by atoms with Crippen LogP contribution in [0.4, 0.5) is 5.82 Å². The fourth-order valence-corrected chi connectivity index (χ4v) is 3.33. The summed E-state index contributed by atoms with van der Waals surface area (Å²) in [4.78, 5) is 21.2. The largest absolute Gasteiger partial charge is 0.310 e. The Hall–Kier alpha value is -2.76. The van der Waals surface area contributed by atoms with Crippen LogP contribution in [0.2, 0.25) is 0 Å². The monoisotopic (exact) mass is 307 g/mol. The van der Waals surface area contributed by atoms with E-state index in [-0.39, 0.29) is 5.91 Å². The smallest absolute Gasteiger partial charge is 0.239 e. The number of anilines is 1. The Labute approximate surface area is 133 Å². The highest BCUT2D eigenvalue weighted by Gasteiger charge is 2.35. The van der Waals surface area contributed by atoms with Gasteiger partial charge in [-0.1, -0.05) is 19.4 Å². The highest BCUT2D eigenvalue weighted by Crippen LogP contribution is 2.37. The molecule has 1 N–H and O–H groups in total. The predicted molar refractivity (Wildman–Crippen MR) is 86.4 cm³/mol. The van der Waals surface area contributed by atoms with Crippen LogP contribution in [-0.2, 0) is 11.2 Å². The summed E-state index contributed by atoms with van der Waals surface area (Å²) < 4.78 is 1.84. The summed E-state index contributed by atoms with van der Waals surface area (Å²) in [5.41, 5.74) is 4.93. The highest BCUT2D eigenvalue weighted by molar-refractivity contribution is 6.04. The molecule has 0 saturated heterocycles. The van der Waals surface area contributed by atoms with Crippen molar-refractivity contribution in [3.8, 4) is 0 Å². The minimum atomic E-state index is -0.438. The van der Waals surface area contributed by atoms with E-state index in [4.69, 9.17) is 0 Å². The normalized spacial score (nSPS) is 16.6. The maximum atomic E-state index is 12.5. The molecule has 1 aliphatic heterocycles. The molecular weight excluding hydrogens is 290 g/mol. The third-order valence-electron chi connectivity index (χ3n) is 4.41. The van der Waals surface area contributed by atoms with Gasteiger partial charge in [-0.3, -0.25) is 4.79 Å². The molecule has 0 spiro atoms. The third kappa shape index (κ3) is 2.02. The number of nitrogens with one attached hydrogen (secondary N) is 1. The van der Waals surface area contributed by atoms with Crippen LogP contribution in [0.15, 0.2) is 30.9 Å². The number of amides is 1. The van der Waals surface area contributed by atoms with Gasteiger partial charge in [-0.2, -0.15) is 5.10 Å². The van der Waals surface area contributed by atoms with Gasteiger partial charge >= 0.3 is 0 Å². The van der Waals surface area contributed by atoms with Crippen molar-refractivity contribution < 1.29 is 4.79 Å². The summed E-state index contributed by atoms with van der Waals surface area (Å²) in [6, 6.07) is 3.77. The molecule has 0 radical (unpaired) electrons. The van der Waals surface area contributed by atoms with Gasteiger partial charge in [0.05, 0.1) is 11.2 Å². The number of rotatable bonds is 3. The summed E-state index contributed by atoms with van der Waals surface area (Å²) in [6.45, 7) is 4.23. The minimum absolute atomic E-state index is 0.0862. The Bertz CT molecular complexity index is 914. The van der Waals surface area contributed by atoms with E-state index in [1.165, 1.54) is 11.9 Å². The Morgan fingerprint density at radius 1 is 1.35 bits per heavy atom. The Morgan fingerprint density at radius 3 is 3.04 bits per heavy atom. The van der Waals surface area contributed by atoms with Gasteiger partial charge in [0.2, 0.25) is 5.91 Å². The molecule has 0 aromatic carbocycles. The molecule has 1 unspecified atom stereocenters. The molecule has 0 fully saturated rings. The lowest BCUT2D eigenvalue weighted by atomic mass is 9.96. The maximum absolute atomic E-state index is 12.5. The molecule has 23 heavy (non-hydrogen) atoms. The molecule has 0 aliphatic carbocycles. The van der Waals surface area contributed by atoms with Crippen LogP contribution in [-0.4, -0.2) is 25.5 Å². The molecule has 0 bridgehead atoms. The molecule has 3 aromatic rings. The second kappa shape index (κ2) is 5.15. The van der Waals surface area contributed by atoms with Crippen LogP contribution in [0.25, 0.3) is 5.52 Å². The van der Waals surface area contributed by atoms with E-state index >= 15 is 0 Å². The van der Waals surface area contributed by atoms with Gasteiger partial charge in [-0.15, -0.1) is 0 Å². The fraction of sp³-hybridized carbons (Fsp3) is 0.294. The van der Waals surface area contributed by atoms with Crippen molar-refractivity contribution in [2.75, 3.05) is 5.32 Å². The Kier molecular flexibility index (Phi) is 3.11. The third-order valence-corrected chi connectivity index (χ3v) is 4.41. The van der Waals surface area contributed by atoms with Crippen LogP contribution >= 0.6 is 0 Å². The fourth-order valence-electron chi connectivity index (χ4n) is 3.33. The first kappa shape index (κ1) is 13.9. The SMILES string of the molecule is CCCc1cn2ncnc(C3C(=O)Nc4ncccc43)c2c1C. The van der Waals surface area contributed by atoms with Gasteiger partial charge in [0.15, 0.2) is 0 Å². The topological polar surface area (TPSA) is 72.2 Å². The van der Waals surface area contributed by atoms with Crippen LogP contribution in [0.5, 0.6) is 0 Å². The maximum Gasteiger partial charge on any atom is 0.239 e. The van der Waals surface area contributed by atoms with Crippen molar-refractivity contribution in [3.63, 3.8) is 0 Å². The zero-order valence-corrected chi connectivity index (χ0v) is 13.1. The number of aryl methyl sites for hydroxylation is 2. The first-order valence-corrected chi connectivity index (χ1v) is 7.78. The molecule has 1 aliphatic rings.